The summed E-state index contributed by atoms with van der Waals surface area (Å²) >= 11 is 0. The zero-order valence-corrected chi connectivity index (χ0v) is 11.6. The summed E-state index contributed by atoms with van der Waals surface area (Å²) in [4.78, 5) is 10.8. The highest BCUT2D eigenvalue weighted by molar-refractivity contribution is 5.35. The summed E-state index contributed by atoms with van der Waals surface area (Å²) < 4.78 is 0. The van der Waals surface area contributed by atoms with Crippen LogP contribution < -0.4 is 5.32 Å². The van der Waals surface area contributed by atoms with E-state index in [4.69, 9.17) is 0 Å². The maximum Gasteiger partial charge on any atom is 0.129 e. The molecule has 4 heteroatoms. The first-order chi connectivity index (χ1) is 8.00. The molecule has 96 valence electrons. The molecule has 1 aromatic rings. The predicted octanol–water partition coefficient (Wildman–Crippen LogP) is 2.35. The number of likely N-dealkylation sites (N-methyl/N-ethyl adjacent to an activating group) is 1. The van der Waals surface area contributed by atoms with E-state index >= 15 is 0 Å². The molecule has 0 aliphatic carbocycles. The van der Waals surface area contributed by atoms with Crippen LogP contribution in [0, 0.1) is 0 Å². The fourth-order valence-corrected chi connectivity index (χ4v) is 1.40. The molecule has 0 aliphatic heterocycles. The molecular weight excluding hydrogens is 212 g/mol. The van der Waals surface area contributed by atoms with Crippen LogP contribution in [-0.2, 0) is 0 Å². The number of nitrogens with one attached hydrogen (secondary N) is 1. The van der Waals surface area contributed by atoms with Crippen molar-refractivity contribution in [1.29, 1.82) is 0 Å². The van der Waals surface area contributed by atoms with E-state index < -0.39 is 0 Å². The highest BCUT2D eigenvalue weighted by Gasteiger charge is 2.04. The van der Waals surface area contributed by atoms with E-state index in [1.54, 1.807) is 6.33 Å². The minimum absolute atomic E-state index is 0.442. The average Bonchev–Trinajstić information content (AvgIpc) is 2.29. The SMILES string of the molecule is CC(C)c1cc(NCCN(C)C(C)C)ncn1. The van der Waals surface area contributed by atoms with Gasteiger partial charge in [-0.25, -0.2) is 9.97 Å². The molecule has 0 fully saturated rings. The van der Waals surface area contributed by atoms with E-state index in [1.807, 2.05) is 6.07 Å². The lowest BCUT2D eigenvalue weighted by atomic mass is 10.1. The fourth-order valence-electron chi connectivity index (χ4n) is 1.40. The van der Waals surface area contributed by atoms with Crippen LogP contribution in [0.1, 0.15) is 39.3 Å². The van der Waals surface area contributed by atoms with Crippen LogP contribution in [0.25, 0.3) is 0 Å². The van der Waals surface area contributed by atoms with Crippen molar-refractivity contribution in [3.05, 3.63) is 18.1 Å². The number of rotatable bonds is 6. The molecule has 0 bridgehead atoms. The summed E-state index contributed by atoms with van der Waals surface area (Å²) in [5, 5.41) is 3.33. The Morgan fingerprint density at radius 2 is 1.94 bits per heavy atom. The van der Waals surface area contributed by atoms with Gasteiger partial charge in [-0.1, -0.05) is 13.8 Å². The summed E-state index contributed by atoms with van der Waals surface area (Å²) in [7, 11) is 2.13. The molecule has 0 unspecified atom stereocenters. The lowest BCUT2D eigenvalue weighted by Crippen LogP contribution is -2.31. The van der Waals surface area contributed by atoms with Gasteiger partial charge in [0, 0.05) is 30.9 Å². The molecule has 1 aromatic heterocycles. The van der Waals surface area contributed by atoms with E-state index in [0.29, 0.717) is 12.0 Å². The first kappa shape index (κ1) is 13.9. The third kappa shape index (κ3) is 4.69. The quantitative estimate of drug-likeness (QED) is 0.823. The van der Waals surface area contributed by atoms with Crippen LogP contribution in [-0.4, -0.2) is 41.0 Å². The molecule has 1 rings (SSSR count). The molecular formula is C13H24N4. The summed E-state index contributed by atoms with van der Waals surface area (Å²) in [6.45, 7) is 10.6. The molecule has 4 nitrogen and oxygen atoms in total. The Morgan fingerprint density at radius 3 is 2.53 bits per heavy atom. The third-order valence-corrected chi connectivity index (χ3v) is 2.93. The van der Waals surface area contributed by atoms with E-state index in [1.165, 1.54) is 0 Å². The van der Waals surface area contributed by atoms with Crippen molar-refractivity contribution in [2.75, 3.05) is 25.5 Å². The second kappa shape index (κ2) is 6.55. The van der Waals surface area contributed by atoms with Crippen molar-refractivity contribution in [3.63, 3.8) is 0 Å². The van der Waals surface area contributed by atoms with Gasteiger partial charge in [0.25, 0.3) is 0 Å². The highest BCUT2D eigenvalue weighted by atomic mass is 15.1. The molecule has 0 aliphatic rings. The second-order valence-corrected chi connectivity index (χ2v) is 4.98. The fraction of sp³-hybridized carbons (Fsp3) is 0.692. The molecule has 0 atom stereocenters. The van der Waals surface area contributed by atoms with Gasteiger partial charge >= 0.3 is 0 Å². The number of nitrogens with zero attached hydrogens (tertiary/aromatic N) is 3. The second-order valence-electron chi connectivity index (χ2n) is 4.98. The topological polar surface area (TPSA) is 41.0 Å². The van der Waals surface area contributed by atoms with Gasteiger partial charge in [0.05, 0.1) is 0 Å². The minimum atomic E-state index is 0.442. The van der Waals surface area contributed by atoms with Gasteiger partial charge in [-0.05, 0) is 26.8 Å². The maximum atomic E-state index is 4.25. The Hall–Kier alpha value is -1.16. The van der Waals surface area contributed by atoms with Crippen LogP contribution in [0.5, 0.6) is 0 Å². The monoisotopic (exact) mass is 236 g/mol. The number of hydrogen-bond donors (Lipinski definition) is 1. The van der Waals surface area contributed by atoms with Gasteiger partial charge in [0.2, 0.25) is 0 Å². The zero-order valence-electron chi connectivity index (χ0n) is 11.6. The molecule has 1 N–H and O–H groups in total. The average molecular weight is 236 g/mol. The van der Waals surface area contributed by atoms with Crippen LogP contribution in [0.3, 0.4) is 0 Å². The van der Waals surface area contributed by atoms with Crippen LogP contribution in [0.15, 0.2) is 12.4 Å². The molecule has 0 saturated heterocycles. The standard InChI is InChI=1S/C13H24N4/c1-10(2)12-8-13(16-9-15-12)14-6-7-17(5)11(3)4/h8-11H,6-7H2,1-5H3,(H,14,15,16). The van der Waals surface area contributed by atoms with Crippen LogP contribution >= 0.6 is 0 Å². The van der Waals surface area contributed by atoms with E-state index in [2.05, 4.69) is 54.9 Å². The van der Waals surface area contributed by atoms with Crippen LogP contribution in [0.2, 0.25) is 0 Å². The molecule has 0 radical (unpaired) electrons. The number of hydrogen-bond acceptors (Lipinski definition) is 4. The third-order valence-electron chi connectivity index (χ3n) is 2.93. The van der Waals surface area contributed by atoms with Crippen molar-refractivity contribution < 1.29 is 0 Å². The maximum absolute atomic E-state index is 4.25. The summed E-state index contributed by atoms with van der Waals surface area (Å²) in [5.74, 6) is 1.36. The molecule has 0 saturated carbocycles. The highest BCUT2D eigenvalue weighted by Crippen LogP contribution is 2.13. The van der Waals surface area contributed by atoms with Gasteiger partial charge in [0.15, 0.2) is 0 Å². The van der Waals surface area contributed by atoms with Crippen molar-refractivity contribution in [3.8, 4) is 0 Å². The largest absolute Gasteiger partial charge is 0.369 e. The van der Waals surface area contributed by atoms with Crippen molar-refractivity contribution in [2.45, 2.75) is 39.7 Å². The Labute approximate surface area is 104 Å². The van der Waals surface area contributed by atoms with Crippen molar-refractivity contribution in [2.24, 2.45) is 0 Å². The number of aromatic nitrogens is 2. The van der Waals surface area contributed by atoms with E-state index in [9.17, 15) is 0 Å². The normalized spacial score (nSPS) is 11.5. The van der Waals surface area contributed by atoms with E-state index in [-0.39, 0.29) is 0 Å². The van der Waals surface area contributed by atoms with E-state index in [0.717, 1.165) is 24.6 Å². The van der Waals surface area contributed by atoms with Crippen molar-refractivity contribution >= 4 is 5.82 Å². The Balaban J connectivity index is 2.44. The molecule has 0 spiro atoms. The summed E-state index contributed by atoms with van der Waals surface area (Å²) in [6.07, 6.45) is 1.63. The van der Waals surface area contributed by atoms with Gasteiger partial charge in [-0.15, -0.1) is 0 Å². The summed E-state index contributed by atoms with van der Waals surface area (Å²) in [6, 6.07) is 2.61. The molecule has 1 heterocycles. The zero-order chi connectivity index (χ0) is 12.8. The Bertz CT molecular complexity index is 336. The van der Waals surface area contributed by atoms with Gasteiger partial charge < -0.3 is 10.2 Å². The molecule has 0 aromatic carbocycles. The molecule has 0 amide bonds. The van der Waals surface area contributed by atoms with Crippen LogP contribution in [0.4, 0.5) is 5.82 Å². The Kier molecular flexibility index (Phi) is 5.35. The lowest BCUT2D eigenvalue weighted by Gasteiger charge is -2.21. The van der Waals surface area contributed by atoms with Gasteiger partial charge in [-0.2, -0.15) is 0 Å². The Morgan fingerprint density at radius 1 is 1.24 bits per heavy atom. The summed E-state index contributed by atoms with van der Waals surface area (Å²) in [5.41, 5.74) is 1.08. The predicted molar refractivity (Wildman–Crippen MR) is 72.4 cm³/mol. The number of anilines is 1. The minimum Gasteiger partial charge on any atom is -0.369 e. The smallest absolute Gasteiger partial charge is 0.129 e. The first-order valence-corrected chi connectivity index (χ1v) is 6.26. The van der Waals surface area contributed by atoms with Gasteiger partial charge in [-0.3, -0.25) is 0 Å². The van der Waals surface area contributed by atoms with Gasteiger partial charge in [0.1, 0.15) is 12.1 Å². The lowest BCUT2D eigenvalue weighted by molar-refractivity contribution is 0.284. The van der Waals surface area contributed by atoms with Crippen molar-refractivity contribution in [1.82, 2.24) is 14.9 Å². The first-order valence-electron chi connectivity index (χ1n) is 6.26. The molecule has 17 heavy (non-hydrogen) atoms.